The van der Waals surface area contributed by atoms with Crippen LogP contribution in [0.4, 0.5) is 24.5 Å². The number of anilines is 2. The fraction of sp³-hybridized carbons (Fsp3) is 0.478. The SMILES string of the molecule is CCN(c1cc(C(F)(F)F)cc(N(C=O)Cc2c(C)cc(C)[nH]c2=O)c1C)C1CN(C)C1. The van der Waals surface area contributed by atoms with Crippen molar-refractivity contribution in [2.24, 2.45) is 0 Å². The molecule has 0 spiro atoms. The first-order chi connectivity index (χ1) is 15.0. The molecule has 0 saturated carbocycles. The van der Waals surface area contributed by atoms with Gasteiger partial charge in [0, 0.05) is 42.3 Å². The number of hydrogen-bond donors (Lipinski definition) is 1. The number of likely N-dealkylation sites (N-methyl/N-ethyl adjacent to an activating group) is 2. The lowest BCUT2D eigenvalue weighted by atomic mass is 10.0. The standard InChI is InChI=1S/C23H29F3N4O2/c1-6-30(18-10-28(5)11-18)21-9-17(23(24,25)26)8-20(16(21)4)29(13-31)12-19-14(2)7-15(3)27-22(19)32/h7-9,13,18H,6,10-12H2,1-5H3,(H,27,32). The van der Waals surface area contributed by atoms with E-state index in [2.05, 4.69) is 9.88 Å². The molecule has 1 aliphatic heterocycles. The monoisotopic (exact) mass is 450 g/mol. The van der Waals surface area contributed by atoms with Crippen molar-refractivity contribution in [2.75, 3.05) is 36.5 Å². The molecule has 1 aromatic carbocycles. The van der Waals surface area contributed by atoms with Crippen molar-refractivity contribution >= 4 is 17.8 Å². The number of aromatic nitrogens is 1. The van der Waals surface area contributed by atoms with Gasteiger partial charge in [-0.3, -0.25) is 9.59 Å². The molecule has 1 N–H and O–H groups in total. The minimum Gasteiger partial charge on any atom is -0.366 e. The number of aryl methyl sites for hydroxylation is 2. The number of carbonyl (C=O) groups is 1. The maximum Gasteiger partial charge on any atom is 0.416 e. The molecule has 0 aliphatic carbocycles. The summed E-state index contributed by atoms with van der Waals surface area (Å²) in [6, 6.07) is 4.03. The summed E-state index contributed by atoms with van der Waals surface area (Å²) in [7, 11) is 1.96. The third-order valence-corrected chi connectivity index (χ3v) is 6.07. The molecule has 1 aliphatic rings. The number of aromatic amines is 1. The summed E-state index contributed by atoms with van der Waals surface area (Å²) in [5, 5.41) is 0. The molecule has 2 aromatic rings. The molecule has 2 heterocycles. The van der Waals surface area contributed by atoms with Crippen molar-refractivity contribution in [1.29, 1.82) is 0 Å². The van der Waals surface area contributed by atoms with Crippen LogP contribution in [0.3, 0.4) is 0 Å². The normalized spacial score (nSPS) is 14.9. The van der Waals surface area contributed by atoms with Crippen LogP contribution in [-0.2, 0) is 17.5 Å². The summed E-state index contributed by atoms with van der Waals surface area (Å²) in [4.78, 5) is 32.4. The second-order valence-corrected chi connectivity index (χ2v) is 8.47. The molecule has 0 unspecified atom stereocenters. The van der Waals surface area contributed by atoms with Gasteiger partial charge in [-0.1, -0.05) is 0 Å². The topological polar surface area (TPSA) is 59.7 Å². The Morgan fingerprint density at radius 3 is 2.28 bits per heavy atom. The molecule has 1 aromatic heterocycles. The predicted molar refractivity (Wildman–Crippen MR) is 119 cm³/mol. The maximum atomic E-state index is 13.8. The number of alkyl halides is 3. The minimum atomic E-state index is -4.57. The van der Waals surface area contributed by atoms with E-state index in [4.69, 9.17) is 0 Å². The average molecular weight is 451 g/mol. The zero-order valence-electron chi connectivity index (χ0n) is 19.0. The van der Waals surface area contributed by atoms with E-state index >= 15 is 0 Å². The Labute approximate surface area is 185 Å². The number of halogens is 3. The Balaban J connectivity index is 2.11. The van der Waals surface area contributed by atoms with Gasteiger partial charge in [0.15, 0.2) is 0 Å². The molecule has 1 amide bonds. The fourth-order valence-electron chi connectivity index (χ4n) is 4.36. The second kappa shape index (κ2) is 8.97. The lowest BCUT2D eigenvalue weighted by molar-refractivity contribution is -0.137. The molecule has 0 bridgehead atoms. The molecule has 0 atom stereocenters. The summed E-state index contributed by atoms with van der Waals surface area (Å²) in [6.07, 6.45) is -4.09. The van der Waals surface area contributed by atoms with Crippen LogP contribution in [0.1, 0.15) is 34.9 Å². The summed E-state index contributed by atoms with van der Waals surface area (Å²) >= 11 is 0. The van der Waals surface area contributed by atoms with E-state index in [1.807, 2.05) is 18.9 Å². The summed E-state index contributed by atoms with van der Waals surface area (Å²) in [5.74, 6) is 0. The van der Waals surface area contributed by atoms with E-state index in [9.17, 15) is 22.8 Å². The Morgan fingerprint density at radius 2 is 1.78 bits per heavy atom. The Hall–Kier alpha value is -2.81. The van der Waals surface area contributed by atoms with Crippen LogP contribution in [0.25, 0.3) is 0 Å². The number of pyridine rings is 1. The molecule has 1 fully saturated rings. The zero-order valence-corrected chi connectivity index (χ0v) is 19.0. The number of H-pyrrole nitrogens is 1. The van der Waals surface area contributed by atoms with Gasteiger partial charge in [0.05, 0.1) is 18.2 Å². The van der Waals surface area contributed by atoms with E-state index in [0.717, 1.165) is 25.2 Å². The number of likely N-dealkylation sites (tertiary alicyclic amines) is 1. The molecule has 6 nitrogen and oxygen atoms in total. The number of rotatable bonds is 7. The molecule has 174 valence electrons. The van der Waals surface area contributed by atoms with Gasteiger partial charge >= 0.3 is 6.18 Å². The number of hydrogen-bond acceptors (Lipinski definition) is 4. The van der Waals surface area contributed by atoms with E-state index in [1.165, 1.54) is 4.90 Å². The average Bonchev–Trinajstić information content (AvgIpc) is 2.67. The van der Waals surface area contributed by atoms with Crippen LogP contribution in [0.5, 0.6) is 0 Å². The molecule has 1 saturated heterocycles. The molecular formula is C23H29F3N4O2. The highest BCUT2D eigenvalue weighted by atomic mass is 19.4. The summed E-state index contributed by atoms with van der Waals surface area (Å²) in [6.45, 7) is 9.06. The minimum absolute atomic E-state index is 0.104. The van der Waals surface area contributed by atoms with Gasteiger partial charge in [-0.2, -0.15) is 13.2 Å². The molecule has 3 rings (SSSR count). The zero-order chi connectivity index (χ0) is 23.8. The van der Waals surface area contributed by atoms with Gasteiger partial charge in [0.2, 0.25) is 6.41 Å². The van der Waals surface area contributed by atoms with Crippen LogP contribution in [0.2, 0.25) is 0 Å². The highest BCUT2D eigenvalue weighted by Crippen LogP contribution is 2.40. The van der Waals surface area contributed by atoms with Crippen molar-refractivity contribution in [3.05, 3.63) is 56.5 Å². The van der Waals surface area contributed by atoms with Crippen molar-refractivity contribution in [2.45, 2.75) is 46.5 Å². The number of benzene rings is 1. The van der Waals surface area contributed by atoms with Crippen LogP contribution in [0.15, 0.2) is 23.0 Å². The molecule has 9 heteroatoms. The van der Waals surface area contributed by atoms with Crippen molar-refractivity contribution in [3.63, 3.8) is 0 Å². The third kappa shape index (κ3) is 4.67. The van der Waals surface area contributed by atoms with E-state index in [-0.39, 0.29) is 23.8 Å². The third-order valence-electron chi connectivity index (χ3n) is 6.07. The van der Waals surface area contributed by atoms with Crippen LogP contribution in [-0.4, -0.2) is 49.0 Å². The lowest BCUT2D eigenvalue weighted by Crippen LogP contribution is -2.58. The largest absolute Gasteiger partial charge is 0.416 e. The molecule has 0 radical (unpaired) electrons. The Bertz CT molecular complexity index is 1060. The molecule has 32 heavy (non-hydrogen) atoms. The summed E-state index contributed by atoms with van der Waals surface area (Å²) in [5.41, 5.74) is 1.70. The van der Waals surface area contributed by atoms with E-state index in [0.29, 0.717) is 41.0 Å². The smallest absolute Gasteiger partial charge is 0.366 e. The quantitative estimate of drug-likeness (QED) is 0.655. The highest BCUT2D eigenvalue weighted by Gasteiger charge is 2.35. The lowest BCUT2D eigenvalue weighted by Gasteiger charge is -2.45. The van der Waals surface area contributed by atoms with Gasteiger partial charge < -0.3 is 19.7 Å². The van der Waals surface area contributed by atoms with Crippen molar-refractivity contribution < 1.29 is 18.0 Å². The van der Waals surface area contributed by atoms with Crippen molar-refractivity contribution in [3.8, 4) is 0 Å². The van der Waals surface area contributed by atoms with Gasteiger partial charge in [0.1, 0.15) is 0 Å². The first-order valence-corrected chi connectivity index (χ1v) is 10.5. The van der Waals surface area contributed by atoms with Crippen LogP contribution >= 0.6 is 0 Å². The Morgan fingerprint density at radius 1 is 1.16 bits per heavy atom. The first kappa shape index (κ1) is 23.8. The Kier molecular flexibility index (Phi) is 6.69. The van der Waals surface area contributed by atoms with E-state index in [1.54, 1.807) is 26.8 Å². The van der Waals surface area contributed by atoms with Gasteiger partial charge in [0.25, 0.3) is 5.56 Å². The number of amides is 1. The number of carbonyl (C=O) groups excluding carboxylic acids is 1. The second-order valence-electron chi connectivity index (χ2n) is 8.47. The molecular weight excluding hydrogens is 421 g/mol. The van der Waals surface area contributed by atoms with Gasteiger partial charge in [-0.05, 0) is 64.1 Å². The number of nitrogens with one attached hydrogen (secondary N) is 1. The van der Waals surface area contributed by atoms with Crippen LogP contribution < -0.4 is 15.4 Å². The highest BCUT2D eigenvalue weighted by molar-refractivity contribution is 5.81. The van der Waals surface area contributed by atoms with Crippen molar-refractivity contribution in [1.82, 2.24) is 9.88 Å². The maximum absolute atomic E-state index is 13.8. The number of nitrogens with zero attached hydrogens (tertiary/aromatic N) is 3. The fourth-order valence-corrected chi connectivity index (χ4v) is 4.36. The summed E-state index contributed by atoms with van der Waals surface area (Å²) < 4.78 is 41.4. The van der Waals surface area contributed by atoms with Gasteiger partial charge in [-0.15, -0.1) is 0 Å². The predicted octanol–water partition coefficient (Wildman–Crippen LogP) is 3.62. The first-order valence-electron chi connectivity index (χ1n) is 10.5. The van der Waals surface area contributed by atoms with E-state index < -0.39 is 11.7 Å². The van der Waals surface area contributed by atoms with Gasteiger partial charge in [-0.25, -0.2) is 0 Å². The van der Waals surface area contributed by atoms with Crippen LogP contribution in [0, 0.1) is 20.8 Å².